The van der Waals surface area contributed by atoms with Gasteiger partial charge in [0.1, 0.15) is 34.3 Å². The molecule has 13 heteroatoms. The minimum Gasteiger partial charge on any atom is -0.455 e. The number of nitrogens with one attached hydrogen (secondary N) is 1. The summed E-state index contributed by atoms with van der Waals surface area (Å²) in [5, 5.41) is 2.90. The van der Waals surface area contributed by atoms with Gasteiger partial charge in [-0.1, -0.05) is 0 Å². The molecule has 9 nitrogen and oxygen atoms in total. The van der Waals surface area contributed by atoms with Crippen LogP contribution in [0, 0.1) is 24.4 Å². The monoisotopic (exact) mass is 633 g/mol. The fraction of sp³-hybridized carbons (Fsp3) is 0.125. The maximum atomic E-state index is 15.8. The van der Waals surface area contributed by atoms with Gasteiger partial charge in [-0.25, -0.2) is 26.6 Å². The maximum Gasteiger partial charge on any atom is 0.255 e. The van der Waals surface area contributed by atoms with E-state index < -0.39 is 33.4 Å². The second-order valence-electron chi connectivity index (χ2n) is 10.5. The fourth-order valence-electron chi connectivity index (χ4n) is 5.36. The SMILES string of the molecule is CNC(=O)c1c(-c2ccc(F)cc2)oc2cc(N(C)S(C)(=O)=O)c(-c3cc(F)c4nc(C)n(-c5ccc(F)c(N)c5)c4c3)cc12. The molecule has 0 fully saturated rings. The van der Waals surface area contributed by atoms with Crippen LogP contribution in [0.4, 0.5) is 24.5 Å². The summed E-state index contributed by atoms with van der Waals surface area (Å²) >= 11 is 0. The van der Waals surface area contributed by atoms with Crippen LogP contribution in [0.3, 0.4) is 0 Å². The van der Waals surface area contributed by atoms with Crippen LogP contribution in [0.1, 0.15) is 16.2 Å². The molecule has 0 radical (unpaired) electrons. The zero-order valence-corrected chi connectivity index (χ0v) is 25.3. The molecule has 230 valence electrons. The molecule has 0 unspecified atom stereocenters. The molecule has 6 rings (SSSR count). The Balaban J connectivity index is 1.68. The van der Waals surface area contributed by atoms with Crippen LogP contribution < -0.4 is 15.4 Å². The van der Waals surface area contributed by atoms with Gasteiger partial charge in [0.2, 0.25) is 10.0 Å². The molecule has 6 aromatic rings. The Labute approximate surface area is 255 Å². The van der Waals surface area contributed by atoms with E-state index in [2.05, 4.69) is 10.3 Å². The van der Waals surface area contributed by atoms with Gasteiger partial charge in [0.25, 0.3) is 5.91 Å². The first-order valence-corrected chi connectivity index (χ1v) is 15.4. The summed E-state index contributed by atoms with van der Waals surface area (Å²) in [5.41, 5.74) is 7.86. The van der Waals surface area contributed by atoms with E-state index in [1.54, 1.807) is 23.6 Å². The molecule has 0 spiro atoms. The second-order valence-corrected chi connectivity index (χ2v) is 12.5. The largest absolute Gasteiger partial charge is 0.455 e. The third-order valence-electron chi connectivity index (χ3n) is 7.63. The Morgan fingerprint density at radius 1 is 0.978 bits per heavy atom. The molecule has 3 N–H and O–H groups in total. The van der Waals surface area contributed by atoms with Crippen molar-refractivity contribution >= 4 is 49.3 Å². The maximum absolute atomic E-state index is 15.8. The molecule has 0 aliphatic heterocycles. The van der Waals surface area contributed by atoms with Gasteiger partial charge in [-0.3, -0.25) is 13.7 Å². The number of nitrogen functional groups attached to an aromatic ring is 1. The van der Waals surface area contributed by atoms with Gasteiger partial charge in [0, 0.05) is 42.4 Å². The Kier molecular flexibility index (Phi) is 7.08. The van der Waals surface area contributed by atoms with E-state index in [0.29, 0.717) is 28.0 Å². The first-order chi connectivity index (χ1) is 21.3. The first-order valence-electron chi connectivity index (χ1n) is 13.5. The molecular weight excluding hydrogens is 607 g/mol. The highest BCUT2D eigenvalue weighted by atomic mass is 32.2. The lowest BCUT2D eigenvalue weighted by Gasteiger charge is -2.21. The van der Waals surface area contributed by atoms with Crippen molar-refractivity contribution in [3.05, 3.63) is 95.6 Å². The number of furan rings is 1. The van der Waals surface area contributed by atoms with Crippen LogP contribution in [-0.2, 0) is 10.0 Å². The Hall–Kier alpha value is -5.30. The molecule has 2 heterocycles. The van der Waals surface area contributed by atoms with Crippen molar-refractivity contribution in [1.29, 1.82) is 0 Å². The number of sulfonamides is 1. The molecular formula is C32H26F3N5O4S. The van der Waals surface area contributed by atoms with Crippen LogP contribution in [-0.4, -0.2) is 44.2 Å². The molecule has 0 bridgehead atoms. The molecule has 45 heavy (non-hydrogen) atoms. The minimum absolute atomic E-state index is 0.0335. The molecule has 2 aromatic heterocycles. The van der Waals surface area contributed by atoms with E-state index in [9.17, 15) is 22.0 Å². The fourth-order valence-corrected chi connectivity index (χ4v) is 5.87. The molecule has 4 aromatic carbocycles. The van der Waals surface area contributed by atoms with Gasteiger partial charge >= 0.3 is 0 Å². The summed E-state index contributed by atoms with van der Waals surface area (Å²) in [4.78, 5) is 17.6. The summed E-state index contributed by atoms with van der Waals surface area (Å²) in [6.07, 6.45) is 1.02. The number of carbonyl (C=O) groups excluding carboxylic acids is 1. The van der Waals surface area contributed by atoms with Crippen molar-refractivity contribution in [2.75, 3.05) is 30.4 Å². The quantitative estimate of drug-likeness (QED) is 0.212. The van der Waals surface area contributed by atoms with Crippen molar-refractivity contribution in [1.82, 2.24) is 14.9 Å². The van der Waals surface area contributed by atoms with Crippen molar-refractivity contribution in [2.45, 2.75) is 6.92 Å². The summed E-state index contributed by atoms with van der Waals surface area (Å²) in [6.45, 7) is 1.66. The predicted octanol–water partition coefficient (Wildman–Crippen LogP) is 6.17. The first kappa shape index (κ1) is 29.8. The number of fused-ring (bicyclic) bond motifs is 2. The second kappa shape index (κ2) is 10.7. The van der Waals surface area contributed by atoms with Crippen molar-refractivity contribution in [3.8, 4) is 28.1 Å². The molecule has 0 aliphatic rings. The number of imidazole rings is 1. The number of aromatic nitrogens is 2. The zero-order chi connectivity index (χ0) is 32.4. The predicted molar refractivity (Wildman–Crippen MR) is 167 cm³/mol. The van der Waals surface area contributed by atoms with Crippen molar-refractivity contribution in [3.63, 3.8) is 0 Å². The van der Waals surface area contributed by atoms with Crippen LogP contribution >= 0.6 is 0 Å². The molecule has 0 aliphatic carbocycles. The van der Waals surface area contributed by atoms with Crippen LogP contribution in [0.5, 0.6) is 0 Å². The van der Waals surface area contributed by atoms with Gasteiger partial charge in [0.05, 0.1) is 28.7 Å². The third-order valence-corrected chi connectivity index (χ3v) is 8.83. The van der Waals surface area contributed by atoms with Crippen molar-refractivity contribution < 1.29 is 30.8 Å². The number of anilines is 2. The third kappa shape index (κ3) is 5.04. The molecule has 0 saturated carbocycles. The van der Waals surface area contributed by atoms with E-state index in [1.807, 2.05) is 0 Å². The van der Waals surface area contributed by atoms with Crippen molar-refractivity contribution in [2.24, 2.45) is 0 Å². The Bertz CT molecular complexity index is 2280. The van der Waals surface area contributed by atoms with Gasteiger partial charge in [-0.15, -0.1) is 0 Å². The minimum atomic E-state index is -3.83. The average molecular weight is 634 g/mol. The number of hydrogen-bond acceptors (Lipinski definition) is 6. The highest BCUT2D eigenvalue weighted by Crippen LogP contribution is 2.42. The number of hydrogen-bond donors (Lipinski definition) is 2. The van der Waals surface area contributed by atoms with Crippen LogP contribution in [0.15, 0.2) is 71.1 Å². The lowest BCUT2D eigenvalue weighted by molar-refractivity contribution is 0.0964. The summed E-state index contributed by atoms with van der Waals surface area (Å²) < 4.78 is 77.8. The highest BCUT2D eigenvalue weighted by molar-refractivity contribution is 7.92. The lowest BCUT2D eigenvalue weighted by Crippen LogP contribution is -2.25. The summed E-state index contributed by atoms with van der Waals surface area (Å²) in [5.74, 6) is -1.76. The van der Waals surface area contributed by atoms with E-state index >= 15 is 4.39 Å². The van der Waals surface area contributed by atoms with E-state index in [-0.39, 0.29) is 44.9 Å². The number of rotatable bonds is 6. The molecule has 1 amide bonds. The number of halogens is 3. The Morgan fingerprint density at radius 2 is 1.69 bits per heavy atom. The molecule has 0 saturated heterocycles. The highest BCUT2D eigenvalue weighted by Gasteiger charge is 2.27. The van der Waals surface area contributed by atoms with Gasteiger partial charge < -0.3 is 15.5 Å². The van der Waals surface area contributed by atoms with Gasteiger partial charge in [-0.05, 0) is 73.2 Å². The topological polar surface area (TPSA) is 123 Å². The number of carbonyl (C=O) groups is 1. The average Bonchev–Trinajstić information content (AvgIpc) is 3.54. The number of nitrogens with two attached hydrogens (primary N) is 1. The van der Waals surface area contributed by atoms with Gasteiger partial charge in [0.15, 0.2) is 5.82 Å². The number of aryl methyl sites for hydroxylation is 1. The summed E-state index contributed by atoms with van der Waals surface area (Å²) in [7, 11) is -1.05. The number of amides is 1. The normalized spacial score (nSPS) is 11.8. The standard InChI is InChI=1S/C32H26F3N5O4S/c1-16-38-30-24(35)11-18(12-27(30)40(16)20-9-10-23(34)25(36)13-20)21-14-22-28(15-26(21)39(3)45(4,42)43)44-31(29(22)32(41)37-2)17-5-7-19(33)8-6-17/h5-15H,36H2,1-4H3,(H,37,41). The van der Waals surface area contributed by atoms with Crippen LogP contribution in [0.25, 0.3) is 50.1 Å². The summed E-state index contributed by atoms with van der Waals surface area (Å²) in [6, 6.07) is 15.3. The lowest BCUT2D eigenvalue weighted by atomic mass is 9.98. The van der Waals surface area contributed by atoms with Gasteiger partial charge in [-0.2, -0.15) is 0 Å². The van der Waals surface area contributed by atoms with E-state index in [0.717, 1.165) is 10.6 Å². The van der Waals surface area contributed by atoms with E-state index in [4.69, 9.17) is 10.2 Å². The van der Waals surface area contributed by atoms with E-state index in [1.165, 1.54) is 68.7 Å². The smallest absolute Gasteiger partial charge is 0.255 e. The van der Waals surface area contributed by atoms with Crippen LogP contribution in [0.2, 0.25) is 0 Å². The number of nitrogens with zero attached hydrogens (tertiary/aromatic N) is 3. The Morgan fingerprint density at radius 3 is 2.33 bits per heavy atom. The molecule has 0 atom stereocenters. The zero-order valence-electron chi connectivity index (χ0n) is 24.4. The number of benzene rings is 4.